The number of aliphatic imine (C=N–C) groups is 2. The Morgan fingerprint density at radius 1 is 0.754 bits per heavy atom. The van der Waals surface area contributed by atoms with Gasteiger partial charge in [-0.15, -0.1) is 0 Å². The number of rotatable bonds is 20. The molecule has 0 aliphatic carbocycles. The largest absolute Gasteiger partial charge is 0.790 e. The van der Waals surface area contributed by atoms with Crippen LogP contribution in [0.1, 0.15) is 90.0 Å². The molecule has 1 fully saturated rings. The van der Waals surface area contributed by atoms with E-state index in [2.05, 4.69) is 112 Å². The van der Waals surface area contributed by atoms with Crippen LogP contribution in [-0.4, -0.2) is 154 Å². The van der Waals surface area contributed by atoms with Gasteiger partial charge in [0, 0.05) is 0 Å². The van der Waals surface area contributed by atoms with E-state index < -0.39 is 72.0 Å². The number of fused-ring (bicyclic) bond motifs is 1. The van der Waals surface area contributed by atoms with Crippen molar-refractivity contribution in [3.8, 4) is 0 Å². The molecule has 0 saturated carbocycles. The number of ether oxygens (including phenoxy) is 1. The van der Waals surface area contributed by atoms with Crippen LogP contribution in [0.3, 0.4) is 0 Å². The van der Waals surface area contributed by atoms with Gasteiger partial charge in [0.25, 0.3) is 21.6 Å². The molecule has 61 heavy (non-hydrogen) atoms. The number of carbonyl (C=O) groups excluding carboxylic acids is 1. The highest BCUT2D eigenvalue weighted by Gasteiger charge is 2.57. The van der Waals surface area contributed by atoms with Crippen LogP contribution in [0.2, 0.25) is 0 Å². The van der Waals surface area contributed by atoms with Crippen LogP contribution < -0.4 is 44.5 Å². The van der Waals surface area contributed by atoms with Gasteiger partial charge in [0.15, 0.2) is 18.1 Å². The van der Waals surface area contributed by atoms with Crippen molar-refractivity contribution in [3.63, 3.8) is 0 Å². The summed E-state index contributed by atoms with van der Waals surface area (Å²) in [7, 11) is -18.2. The van der Waals surface area contributed by atoms with E-state index in [4.69, 9.17) is 10.1 Å². The normalized spacial score (nSPS) is 24.0. The highest BCUT2D eigenvalue weighted by Crippen LogP contribution is 2.60. The number of nitrogens with one attached hydrogen (secondary N) is 6. The molecule has 1 saturated heterocycles. The number of phosphoric ester groups is 1. The fraction of sp³-hybridized carbons (Fsp3) is 0.886. The lowest BCUT2D eigenvalue weighted by Crippen LogP contribution is -3.11. The maximum Gasteiger partial charge on any atom is 0.278 e. The minimum absolute atomic E-state index is 0.135. The average Bonchev–Trinajstić information content (AvgIpc) is 3.70. The van der Waals surface area contributed by atoms with Crippen molar-refractivity contribution in [1.82, 2.24) is 10.2 Å². The van der Waals surface area contributed by atoms with Gasteiger partial charge in [-0.1, -0.05) is 0 Å². The van der Waals surface area contributed by atoms with E-state index in [1.54, 1.807) is 19.6 Å². The number of guanidine groups is 1. The number of nitrogens with zero attached hydrogens (tertiary/aromatic N) is 3. The molecule has 1 amide bonds. The minimum Gasteiger partial charge on any atom is -0.790 e. The third-order valence-corrected chi connectivity index (χ3v) is 14.0. The van der Waals surface area contributed by atoms with Gasteiger partial charge in [-0.25, -0.2) is 4.31 Å². The summed E-state index contributed by atoms with van der Waals surface area (Å²) in [6, 6.07) is -1.18. The molecular formula is C35H78N9O14P3. The molecule has 0 aromatic carbocycles. The highest BCUT2D eigenvalue weighted by atomic mass is 31.3. The molecule has 23 nitrogen and oxygen atoms in total. The number of carbonyl (C=O) groups is 1. The van der Waals surface area contributed by atoms with Gasteiger partial charge in [0.05, 0.1) is 99.3 Å². The summed E-state index contributed by atoms with van der Waals surface area (Å²) in [5.41, 5.74) is -2.17. The number of aliphatic hydroxyl groups excluding tert-OH is 1. The summed E-state index contributed by atoms with van der Waals surface area (Å²) in [4.78, 5) is 70.8. The first-order valence-electron chi connectivity index (χ1n) is 21.2. The Balaban J connectivity index is 0. The SMILES string of the molecule is CC[NH+](CC)CC.CC[NH+](CC)CC.CC[NH+](CC)CC.CC[NH+](CC)CC.C[C@@]1(O)[C@H](O)[C@@H](COP(=O)([O-])OP(=O)([O-])OP(=O)([O-])[O-])O[C@H]1N1C=NC2C(=O)NC(=N)N=C21. The first-order chi connectivity index (χ1) is 28.3. The zero-order valence-corrected chi connectivity index (χ0v) is 41.2. The Morgan fingerprint density at radius 2 is 1.13 bits per heavy atom. The molecule has 0 radical (unpaired) electrons. The molecule has 3 unspecified atom stereocenters. The molecule has 0 aromatic heterocycles. The number of hydrogen-bond acceptors (Lipinski definition) is 17. The van der Waals surface area contributed by atoms with Crippen molar-refractivity contribution in [2.75, 3.05) is 85.1 Å². The molecule has 3 aliphatic rings. The van der Waals surface area contributed by atoms with Gasteiger partial charge in [0.2, 0.25) is 5.96 Å². The zero-order valence-electron chi connectivity index (χ0n) is 38.6. The van der Waals surface area contributed by atoms with E-state index in [1.165, 1.54) is 78.5 Å². The number of amidine groups is 1. The molecule has 0 spiro atoms. The van der Waals surface area contributed by atoms with Crippen LogP contribution in [0.4, 0.5) is 0 Å². The second-order valence-corrected chi connectivity index (χ2v) is 18.4. The van der Waals surface area contributed by atoms with Crippen molar-refractivity contribution in [2.45, 2.75) is 120 Å². The van der Waals surface area contributed by atoms with E-state index >= 15 is 0 Å². The van der Waals surface area contributed by atoms with Crippen LogP contribution in [-0.2, 0) is 36.4 Å². The quantitative estimate of drug-likeness (QED) is 0.0529. The lowest BCUT2D eigenvalue weighted by Gasteiger charge is -2.37. The topological polar surface area (TPSA) is 320 Å². The first kappa shape index (κ1) is 61.5. The predicted octanol–water partition coefficient (Wildman–Crippen LogP) is -5.46. The summed E-state index contributed by atoms with van der Waals surface area (Å²) in [6.07, 6.45) is -4.02. The van der Waals surface area contributed by atoms with Crippen LogP contribution in [0.15, 0.2) is 9.98 Å². The molecule has 8 N–H and O–H groups in total. The van der Waals surface area contributed by atoms with E-state index in [9.17, 15) is 48.3 Å². The Kier molecular flexibility index (Phi) is 30.8. The predicted molar refractivity (Wildman–Crippen MR) is 224 cm³/mol. The van der Waals surface area contributed by atoms with E-state index in [1.807, 2.05) is 0 Å². The molecule has 3 heterocycles. The monoisotopic (exact) mass is 941 g/mol. The minimum atomic E-state index is -6.19. The summed E-state index contributed by atoms with van der Waals surface area (Å²) in [5, 5.41) is 30.7. The van der Waals surface area contributed by atoms with Gasteiger partial charge in [-0.3, -0.25) is 38.9 Å². The van der Waals surface area contributed by atoms with Gasteiger partial charge in [0.1, 0.15) is 17.8 Å². The van der Waals surface area contributed by atoms with Crippen molar-refractivity contribution in [1.29, 1.82) is 5.41 Å². The Morgan fingerprint density at radius 3 is 1.46 bits per heavy atom. The second kappa shape index (κ2) is 30.5. The van der Waals surface area contributed by atoms with E-state index in [-0.39, 0.29) is 5.84 Å². The lowest BCUT2D eigenvalue weighted by atomic mass is 9.96. The molecule has 0 aromatic rings. The van der Waals surface area contributed by atoms with Gasteiger partial charge in [-0.2, -0.15) is 4.99 Å². The van der Waals surface area contributed by atoms with Crippen molar-refractivity contribution >= 4 is 47.5 Å². The number of aliphatic hydroxyl groups is 2. The number of quaternary nitrogens is 4. The van der Waals surface area contributed by atoms with E-state index in [0.29, 0.717) is 0 Å². The van der Waals surface area contributed by atoms with Crippen LogP contribution in [0, 0.1) is 5.41 Å². The van der Waals surface area contributed by atoms with Crippen LogP contribution in [0.5, 0.6) is 0 Å². The summed E-state index contributed by atoms with van der Waals surface area (Å²) in [6.45, 7) is 41.9. The van der Waals surface area contributed by atoms with Crippen LogP contribution >= 0.6 is 23.5 Å². The van der Waals surface area contributed by atoms with Crippen molar-refractivity contribution in [2.24, 2.45) is 9.98 Å². The maximum atomic E-state index is 11.9. The third-order valence-electron chi connectivity index (χ3n) is 10.4. The molecule has 7 atom stereocenters. The fourth-order valence-electron chi connectivity index (χ4n) is 6.04. The average molecular weight is 942 g/mol. The van der Waals surface area contributed by atoms with Gasteiger partial charge >= 0.3 is 0 Å². The fourth-order valence-corrected chi connectivity index (χ4v) is 8.91. The number of hydrogen-bond donors (Lipinski definition) is 8. The molecule has 26 heteroatoms. The smallest absolute Gasteiger partial charge is 0.278 e. The Hall–Kier alpha value is -1.59. The lowest BCUT2D eigenvalue weighted by molar-refractivity contribution is -0.894. The Labute approximate surface area is 363 Å². The zero-order chi connectivity index (χ0) is 47.8. The van der Waals surface area contributed by atoms with Gasteiger partial charge < -0.3 is 63.2 Å². The molecule has 0 bridgehead atoms. The standard InChI is InChI=1S/C11H18N5O14P3.4C6H15N/c1-11(19)6(17)4(2-27-32(23,24)30-33(25,26)29-31(20,21)22)28-9(11)16-3-13-5-7(16)14-10(12)15-8(5)18;4*1-4-7(5-2)6-3/h3-6,9,17,19H,2H2,1H3,(H,23,24)(H,25,26)(H2,12,15,18)(H2,20,21,22);4*4-6H2,1-3H3/t4-,5?,6-,9-,11-;;;;/m1..../s1. The molecule has 3 rings (SSSR count). The summed E-state index contributed by atoms with van der Waals surface area (Å²) >= 11 is 0. The Bertz CT molecular complexity index is 1390. The first-order valence-corrected chi connectivity index (χ1v) is 25.6. The second-order valence-electron chi connectivity index (χ2n) is 14.1. The molecule has 362 valence electrons. The number of amides is 1. The van der Waals surface area contributed by atoms with Crippen LogP contribution in [0.25, 0.3) is 0 Å². The summed E-state index contributed by atoms with van der Waals surface area (Å²) in [5.74, 6) is -1.37. The summed E-state index contributed by atoms with van der Waals surface area (Å²) < 4.78 is 49.3. The number of phosphoric acid groups is 3. The molecule has 3 aliphatic heterocycles. The third kappa shape index (κ3) is 23.3. The van der Waals surface area contributed by atoms with Gasteiger partial charge in [-0.05, 0) is 90.0 Å². The van der Waals surface area contributed by atoms with Crippen molar-refractivity contribution in [3.05, 3.63) is 0 Å². The van der Waals surface area contributed by atoms with E-state index in [0.717, 1.165) is 18.2 Å². The van der Waals surface area contributed by atoms with Crippen molar-refractivity contribution < 1.29 is 85.8 Å². The highest BCUT2D eigenvalue weighted by molar-refractivity contribution is 7.64. The maximum absolute atomic E-state index is 11.9. The molecular weight excluding hydrogens is 863 g/mol.